The van der Waals surface area contributed by atoms with E-state index in [1.807, 2.05) is 31.2 Å². The van der Waals surface area contributed by atoms with Gasteiger partial charge < -0.3 is 18.9 Å². The fourth-order valence-corrected chi connectivity index (χ4v) is 4.24. The van der Waals surface area contributed by atoms with E-state index in [-0.39, 0.29) is 6.04 Å². The topological polar surface area (TPSA) is 85.6 Å². The number of rotatable bonds is 5. The predicted molar refractivity (Wildman–Crippen MR) is 112 cm³/mol. The number of aryl methyl sites for hydroxylation is 2. The third-order valence-corrected chi connectivity index (χ3v) is 5.77. The lowest BCUT2D eigenvalue weighted by Crippen LogP contribution is -2.46. The first-order chi connectivity index (χ1) is 14.5. The number of carbonyl (C=O) groups excluding carboxylic acids is 1. The smallest absolute Gasteiger partial charge is 0.416 e. The molecule has 156 valence electrons. The number of imidazole rings is 1. The molecule has 4 heterocycles. The van der Waals surface area contributed by atoms with E-state index in [9.17, 15) is 4.79 Å². The molecule has 2 fully saturated rings. The van der Waals surface area contributed by atoms with Gasteiger partial charge in [-0.25, -0.2) is 19.7 Å². The summed E-state index contributed by atoms with van der Waals surface area (Å²) in [6, 6.07) is 9.85. The van der Waals surface area contributed by atoms with Crippen LogP contribution < -0.4 is 9.80 Å². The fourth-order valence-electron chi connectivity index (χ4n) is 4.24. The number of fused-ring (bicyclic) bond motifs is 1. The number of nitrogens with zero attached hydrogens (tertiary/aromatic N) is 6. The number of carbonyl (C=O) groups is 1. The molecule has 5 rings (SSSR count). The second-order valence-corrected chi connectivity index (χ2v) is 7.81. The summed E-state index contributed by atoms with van der Waals surface area (Å²) in [5.74, 6) is 3.39. The number of aromatic nitrogens is 4. The normalized spacial score (nSPS) is 19.4. The van der Waals surface area contributed by atoms with Crippen LogP contribution in [0, 0.1) is 6.92 Å². The zero-order valence-corrected chi connectivity index (χ0v) is 17.3. The molecule has 2 aliphatic heterocycles. The van der Waals surface area contributed by atoms with Crippen LogP contribution in [0.5, 0.6) is 0 Å². The first kappa shape index (κ1) is 18.8. The average Bonchev–Trinajstić information content (AvgIpc) is 3.21. The van der Waals surface area contributed by atoms with E-state index in [1.54, 1.807) is 12.0 Å². The minimum atomic E-state index is -0.401. The molecule has 2 saturated heterocycles. The Hall–Kier alpha value is -3.20. The van der Waals surface area contributed by atoms with Crippen LogP contribution in [0.25, 0.3) is 11.0 Å². The highest BCUT2D eigenvalue weighted by Gasteiger charge is 2.37. The van der Waals surface area contributed by atoms with Gasteiger partial charge in [0.15, 0.2) is 0 Å². The molecule has 1 atom stereocenters. The first-order valence-corrected chi connectivity index (χ1v) is 10.0. The molecule has 2 aromatic heterocycles. The van der Waals surface area contributed by atoms with Gasteiger partial charge in [0, 0.05) is 33.3 Å². The van der Waals surface area contributed by atoms with Crippen LogP contribution in [0.2, 0.25) is 0 Å². The summed E-state index contributed by atoms with van der Waals surface area (Å²) in [4.78, 5) is 29.9. The second-order valence-electron chi connectivity index (χ2n) is 7.81. The minimum absolute atomic E-state index is 0.186. The molecule has 30 heavy (non-hydrogen) atoms. The summed E-state index contributed by atoms with van der Waals surface area (Å²) < 4.78 is 12.6. The van der Waals surface area contributed by atoms with E-state index in [2.05, 4.69) is 32.5 Å². The maximum atomic E-state index is 12.3. The van der Waals surface area contributed by atoms with E-state index >= 15 is 0 Å². The van der Waals surface area contributed by atoms with Crippen molar-refractivity contribution >= 4 is 28.8 Å². The van der Waals surface area contributed by atoms with Crippen molar-refractivity contribution in [2.24, 2.45) is 7.05 Å². The molecule has 0 radical (unpaired) electrons. The van der Waals surface area contributed by atoms with Gasteiger partial charge >= 0.3 is 6.09 Å². The molecule has 0 N–H and O–H groups in total. The predicted octanol–water partition coefficient (Wildman–Crippen LogP) is 2.25. The van der Waals surface area contributed by atoms with E-state index in [1.165, 1.54) is 0 Å². The summed E-state index contributed by atoms with van der Waals surface area (Å²) >= 11 is 0. The maximum Gasteiger partial charge on any atom is 0.416 e. The van der Waals surface area contributed by atoms with Crippen LogP contribution >= 0.6 is 0 Å². The molecule has 3 aromatic rings. The molecular formula is C21H24N6O3. The largest absolute Gasteiger partial charge is 0.447 e. The first-order valence-electron chi connectivity index (χ1n) is 10.0. The Morgan fingerprint density at radius 2 is 1.93 bits per heavy atom. The monoisotopic (exact) mass is 408 g/mol. The lowest BCUT2D eigenvalue weighted by atomic mass is 9.99. The quantitative estimate of drug-likeness (QED) is 0.640. The lowest BCUT2D eigenvalue weighted by molar-refractivity contribution is 0.156. The average molecular weight is 408 g/mol. The van der Waals surface area contributed by atoms with Crippen LogP contribution in [-0.2, 0) is 16.5 Å². The molecule has 1 aromatic carbocycles. The van der Waals surface area contributed by atoms with Crippen molar-refractivity contribution in [2.45, 2.75) is 18.9 Å². The Morgan fingerprint density at radius 3 is 2.70 bits per heavy atom. The van der Waals surface area contributed by atoms with Crippen LogP contribution in [0.1, 0.15) is 17.6 Å². The van der Waals surface area contributed by atoms with E-state index < -0.39 is 6.09 Å². The molecule has 0 saturated carbocycles. The summed E-state index contributed by atoms with van der Waals surface area (Å²) in [5, 5.41) is 0. The Bertz CT molecular complexity index is 1110. The minimum Gasteiger partial charge on any atom is -0.447 e. The third-order valence-electron chi connectivity index (χ3n) is 5.77. The van der Waals surface area contributed by atoms with E-state index in [4.69, 9.17) is 14.5 Å². The van der Waals surface area contributed by atoms with Gasteiger partial charge in [0.2, 0.25) is 0 Å². The zero-order valence-electron chi connectivity index (χ0n) is 17.3. The number of amides is 1. The van der Waals surface area contributed by atoms with Crippen molar-refractivity contribution < 1.29 is 14.3 Å². The van der Waals surface area contributed by atoms with Gasteiger partial charge in [-0.1, -0.05) is 12.1 Å². The number of methoxy groups -OCH3 is 1. The van der Waals surface area contributed by atoms with Crippen molar-refractivity contribution in [3.05, 3.63) is 42.0 Å². The van der Waals surface area contributed by atoms with Crippen molar-refractivity contribution in [1.29, 1.82) is 0 Å². The van der Waals surface area contributed by atoms with Gasteiger partial charge in [0.1, 0.15) is 29.9 Å². The highest BCUT2D eigenvalue weighted by Crippen LogP contribution is 2.33. The Labute approximate surface area is 174 Å². The van der Waals surface area contributed by atoms with Gasteiger partial charge in [0.25, 0.3) is 0 Å². The standard InChI is InChI=1S/C21H24N6O3/c1-13-22-18(8-19(23-13)27-15(11-29-3)12-30-21(27)28)26-9-14(10-26)20-24-16-6-4-5-7-17(16)25(20)2/h4-8,14-15H,9-12H2,1-3H3. The van der Waals surface area contributed by atoms with Gasteiger partial charge in [-0.15, -0.1) is 0 Å². The number of ether oxygens (including phenoxy) is 2. The highest BCUT2D eigenvalue weighted by molar-refractivity contribution is 5.89. The molecular weight excluding hydrogens is 384 g/mol. The number of hydrogen-bond donors (Lipinski definition) is 0. The second kappa shape index (κ2) is 7.24. The summed E-state index contributed by atoms with van der Waals surface area (Å²) in [5.41, 5.74) is 2.16. The van der Waals surface area contributed by atoms with Gasteiger partial charge in [-0.3, -0.25) is 4.90 Å². The molecule has 2 aliphatic rings. The zero-order chi connectivity index (χ0) is 20.8. The van der Waals surface area contributed by atoms with Gasteiger partial charge in [-0.05, 0) is 19.1 Å². The van der Waals surface area contributed by atoms with Crippen LogP contribution in [0.15, 0.2) is 30.3 Å². The molecule has 0 aliphatic carbocycles. The molecule has 0 spiro atoms. The lowest BCUT2D eigenvalue weighted by Gasteiger charge is -2.40. The van der Waals surface area contributed by atoms with Gasteiger partial charge in [0.05, 0.1) is 29.6 Å². The molecule has 9 heteroatoms. The van der Waals surface area contributed by atoms with Crippen molar-refractivity contribution in [1.82, 2.24) is 19.5 Å². The number of benzene rings is 1. The van der Waals surface area contributed by atoms with Crippen molar-refractivity contribution in [3.8, 4) is 0 Å². The van der Waals surface area contributed by atoms with Crippen LogP contribution in [-0.4, -0.2) is 65.1 Å². The van der Waals surface area contributed by atoms with Crippen molar-refractivity contribution in [2.75, 3.05) is 43.2 Å². The highest BCUT2D eigenvalue weighted by atomic mass is 16.6. The third kappa shape index (κ3) is 3.06. The van der Waals surface area contributed by atoms with E-state index in [0.29, 0.717) is 30.8 Å². The van der Waals surface area contributed by atoms with E-state index in [0.717, 1.165) is 35.8 Å². The summed E-state index contributed by atoms with van der Waals surface area (Å²) in [6.07, 6.45) is -0.401. The van der Waals surface area contributed by atoms with Crippen LogP contribution in [0.3, 0.4) is 0 Å². The Morgan fingerprint density at radius 1 is 1.17 bits per heavy atom. The molecule has 9 nitrogen and oxygen atoms in total. The molecule has 1 unspecified atom stereocenters. The summed E-state index contributed by atoms with van der Waals surface area (Å²) in [7, 11) is 3.67. The number of anilines is 2. The maximum absolute atomic E-state index is 12.3. The van der Waals surface area contributed by atoms with Crippen LogP contribution in [0.4, 0.5) is 16.4 Å². The van der Waals surface area contributed by atoms with Gasteiger partial charge in [-0.2, -0.15) is 0 Å². The number of para-hydroxylation sites is 2. The fraction of sp³-hybridized carbons (Fsp3) is 0.429. The Kier molecular flexibility index (Phi) is 4.54. The molecule has 1 amide bonds. The number of cyclic esters (lactones) is 1. The Balaban J connectivity index is 1.37. The SMILES string of the molecule is COCC1COC(=O)N1c1cc(N2CC(c3nc4ccccc4n3C)C2)nc(C)n1. The molecule has 0 bridgehead atoms. The summed E-state index contributed by atoms with van der Waals surface area (Å²) in [6.45, 7) is 4.16. The number of hydrogen-bond acceptors (Lipinski definition) is 7. The van der Waals surface area contributed by atoms with Crippen molar-refractivity contribution in [3.63, 3.8) is 0 Å².